The molecule has 1 amide bonds. The van der Waals surface area contributed by atoms with Crippen molar-refractivity contribution in [1.82, 2.24) is 10.1 Å². The lowest BCUT2D eigenvalue weighted by Gasteiger charge is -2.12. The summed E-state index contributed by atoms with van der Waals surface area (Å²) in [5.41, 5.74) is 0.703. The van der Waals surface area contributed by atoms with Crippen LogP contribution >= 0.6 is 0 Å². The highest BCUT2D eigenvalue weighted by Gasteiger charge is 2.22. The molecule has 21 heavy (non-hydrogen) atoms. The Kier molecular flexibility index (Phi) is 4.16. The summed E-state index contributed by atoms with van der Waals surface area (Å²) >= 11 is 0. The van der Waals surface area contributed by atoms with E-state index in [0.717, 1.165) is 11.5 Å². The van der Waals surface area contributed by atoms with Gasteiger partial charge < -0.3 is 14.3 Å². The highest BCUT2D eigenvalue weighted by Crippen LogP contribution is 2.24. The summed E-state index contributed by atoms with van der Waals surface area (Å²) in [4.78, 5) is 16.3. The van der Waals surface area contributed by atoms with Crippen LogP contribution in [0.4, 0.5) is 5.82 Å². The maximum absolute atomic E-state index is 11.9. The molecule has 0 fully saturated rings. The minimum absolute atomic E-state index is 0.128. The van der Waals surface area contributed by atoms with Crippen LogP contribution < -0.4 is 5.32 Å². The Morgan fingerprint density at radius 2 is 2.05 bits per heavy atom. The third-order valence-corrected chi connectivity index (χ3v) is 3.01. The number of rotatable bonds is 4. The number of hydrogen-bond acceptors (Lipinski definition) is 5. The molecule has 0 saturated carbocycles. The first-order chi connectivity index (χ1) is 9.75. The Balaban J connectivity index is 1.94. The normalized spacial score (nSPS) is 11.7. The van der Waals surface area contributed by atoms with E-state index in [1.54, 1.807) is 13.0 Å². The number of carbonyl (C=O) groups is 1. The van der Waals surface area contributed by atoms with E-state index in [2.05, 4.69) is 15.5 Å². The van der Waals surface area contributed by atoms with Gasteiger partial charge in [-0.05, 0) is 13.8 Å². The number of amides is 1. The fourth-order valence-corrected chi connectivity index (χ4v) is 1.84. The Hall–Kier alpha value is -2.11. The predicted octanol–water partition coefficient (Wildman–Crippen LogP) is 3.15. The summed E-state index contributed by atoms with van der Waals surface area (Å²) < 4.78 is 10.7. The average Bonchev–Trinajstić information content (AvgIpc) is 2.93. The van der Waals surface area contributed by atoms with Crippen molar-refractivity contribution >= 4 is 11.7 Å². The van der Waals surface area contributed by atoms with Crippen molar-refractivity contribution in [1.29, 1.82) is 0 Å². The van der Waals surface area contributed by atoms with Crippen LogP contribution in [-0.4, -0.2) is 16.0 Å². The van der Waals surface area contributed by atoms with Crippen molar-refractivity contribution in [3.05, 3.63) is 29.2 Å². The van der Waals surface area contributed by atoms with Crippen LogP contribution in [0, 0.1) is 13.8 Å². The Morgan fingerprint density at radius 3 is 2.57 bits per heavy atom. The number of carbonyl (C=O) groups excluding carboxylic acids is 1. The van der Waals surface area contributed by atoms with Crippen molar-refractivity contribution in [3.8, 4) is 0 Å². The minimum atomic E-state index is -0.135. The van der Waals surface area contributed by atoms with Gasteiger partial charge in [-0.15, -0.1) is 0 Å². The number of oxazole rings is 1. The SMILES string of the molecule is Cc1cc(NC(=O)CCc2oc(C(C)(C)C)nc2C)no1. The maximum atomic E-state index is 11.9. The van der Waals surface area contributed by atoms with Gasteiger partial charge in [0, 0.05) is 24.3 Å². The molecule has 0 atom stereocenters. The maximum Gasteiger partial charge on any atom is 0.226 e. The van der Waals surface area contributed by atoms with Crippen molar-refractivity contribution in [3.63, 3.8) is 0 Å². The minimum Gasteiger partial charge on any atom is -0.445 e. The molecule has 2 rings (SSSR count). The Bertz CT molecular complexity index is 635. The number of aryl methyl sites for hydroxylation is 3. The van der Waals surface area contributed by atoms with Crippen molar-refractivity contribution < 1.29 is 13.7 Å². The van der Waals surface area contributed by atoms with Crippen molar-refractivity contribution in [2.75, 3.05) is 5.32 Å². The fourth-order valence-electron chi connectivity index (χ4n) is 1.84. The van der Waals surface area contributed by atoms with Gasteiger partial charge in [0.25, 0.3) is 0 Å². The second kappa shape index (κ2) is 5.71. The van der Waals surface area contributed by atoms with Gasteiger partial charge in [0.05, 0.1) is 5.69 Å². The zero-order chi connectivity index (χ0) is 15.6. The van der Waals surface area contributed by atoms with Gasteiger partial charge in [0.2, 0.25) is 5.91 Å². The van der Waals surface area contributed by atoms with Crippen LogP contribution in [-0.2, 0) is 16.6 Å². The Morgan fingerprint density at radius 1 is 1.33 bits per heavy atom. The molecule has 2 heterocycles. The number of anilines is 1. The molecule has 114 valence electrons. The molecule has 0 spiro atoms. The van der Waals surface area contributed by atoms with E-state index in [9.17, 15) is 4.79 Å². The second-order valence-corrected chi connectivity index (χ2v) is 6.15. The molecule has 0 unspecified atom stereocenters. The predicted molar refractivity (Wildman–Crippen MR) is 78.1 cm³/mol. The molecule has 0 bridgehead atoms. The summed E-state index contributed by atoms with van der Waals surface area (Å²) in [5, 5.41) is 6.41. The fraction of sp³-hybridized carbons (Fsp3) is 0.533. The van der Waals surface area contributed by atoms with E-state index >= 15 is 0 Å². The van der Waals surface area contributed by atoms with Gasteiger partial charge in [-0.25, -0.2) is 4.98 Å². The highest BCUT2D eigenvalue weighted by molar-refractivity contribution is 5.89. The summed E-state index contributed by atoms with van der Waals surface area (Å²) in [6.45, 7) is 9.80. The lowest BCUT2D eigenvalue weighted by molar-refractivity contribution is -0.116. The molecular formula is C15H21N3O3. The molecule has 0 aliphatic rings. The third-order valence-electron chi connectivity index (χ3n) is 3.01. The van der Waals surface area contributed by atoms with Crippen LogP contribution in [0.3, 0.4) is 0 Å². The molecule has 0 aliphatic carbocycles. The second-order valence-electron chi connectivity index (χ2n) is 6.15. The van der Waals surface area contributed by atoms with E-state index in [0.29, 0.717) is 30.3 Å². The Labute approximate surface area is 123 Å². The standard InChI is InChI=1S/C15H21N3O3/c1-9-8-12(18-21-9)17-13(19)7-6-11-10(2)16-14(20-11)15(3,4)5/h8H,6-7H2,1-5H3,(H,17,18,19). The lowest BCUT2D eigenvalue weighted by atomic mass is 9.97. The van der Waals surface area contributed by atoms with Crippen LogP contribution in [0.1, 0.15) is 50.3 Å². The van der Waals surface area contributed by atoms with E-state index in [-0.39, 0.29) is 11.3 Å². The number of nitrogens with zero attached hydrogens (tertiary/aromatic N) is 2. The zero-order valence-electron chi connectivity index (χ0n) is 13.1. The quantitative estimate of drug-likeness (QED) is 0.935. The van der Waals surface area contributed by atoms with E-state index in [4.69, 9.17) is 8.94 Å². The van der Waals surface area contributed by atoms with Gasteiger partial charge >= 0.3 is 0 Å². The number of nitrogens with one attached hydrogen (secondary N) is 1. The number of aromatic nitrogens is 2. The smallest absolute Gasteiger partial charge is 0.226 e. The first-order valence-electron chi connectivity index (χ1n) is 6.95. The molecule has 6 heteroatoms. The summed E-state index contributed by atoms with van der Waals surface area (Å²) in [7, 11) is 0. The van der Waals surface area contributed by atoms with Crippen LogP contribution in [0.2, 0.25) is 0 Å². The molecule has 1 N–H and O–H groups in total. The molecule has 0 aromatic carbocycles. The zero-order valence-corrected chi connectivity index (χ0v) is 13.1. The van der Waals surface area contributed by atoms with Gasteiger partial charge in [-0.3, -0.25) is 4.79 Å². The van der Waals surface area contributed by atoms with Crippen LogP contribution in [0.5, 0.6) is 0 Å². The van der Waals surface area contributed by atoms with Crippen molar-refractivity contribution in [2.45, 2.75) is 52.9 Å². The molecule has 2 aromatic rings. The first-order valence-corrected chi connectivity index (χ1v) is 6.95. The van der Waals surface area contributed by atoms with E-state index < -0.39 is 0 Å². The molecular weight excluding hydrogens is 270 g/mol. The summed E-state index contributed by atoms with van der Waals surface area (Å²) in [5.74, 6) is 2.42. The highest BCUT2D eigenvalue weighted by atomic mass is 16.5. The molecule has 0 radical (unpaired) electrons. The average molecular weight is 291 g/mol. The number of hydrogen-bond donors (Lipinski definition) is 1. The van der Waals surface area contributed by atoms with Crippen molar-refractivity contribution in [2.24, 2.45) is 0 Å². The van der Waals surface area contributed by atoms with E-state index in [1.165, 1.54) is 0 Å². The molecule has 6 nitrogen and oxygen atoms in total. The van der Waals surface area contributed by atoms with Gasteiger partial charge in [0.15, 0.2) is 11.7 Å². The molecule has 2 aromatic heterocycles. The first kappa shape index (κ1) is 15.3. The lowest BCUT2D eigenvalue weighted by Crippen LogP contribution is -2.12. The summed E-state index contributed by atoms with van der Waals surface area (Å²) in [6, 6.07) is 1.68. The van der Waals surface area contributed by atoms with Gasteiger partial charge in [-0.2, -0.15) is 0 Å². The summed E-state index contributed by atoms with van der Waals surface area (Å²) in [6.07, 6.45) is 0.823. The third kappa shape index (κ3) is 3.93. The monoisotopic (exact) mass is 291 g/mol. The largest absolute Gasteiger partial charge is 0.445 e. The van der Waals surface area contributed by atoms with Gasteiger partial charge in [0.1, 0.15) is 11.5 Å². The molecule has 0 saturated heterocycles. The van der Waals surface area contributed by atoms with E-state index in [1.807, 2.05) is 27.7 Å². The van der Waals surface area contributed by atoms with Crippen LogP contribution in [0.15, 0.2) is 15.0 Å². The molecule has 0 aliphatic heterocycles. The van der Waals surface area contributed by atoms with Gasteiger partial charge in [-0.1, -0.05) is 25.9 Å². The van der Waals surface area contributed by atoms with Crippen LogP contribution in [0.25, 0.3) is 0 Å². The topological polar surface area (TPSA) is 81.2 Å².